The first kappa shape index (κ1) is 40.4. The SMILES string of the molecule is CCOC(=O)CCCCCCCC1CC1CCCCCCCCCCCCCCCCCCCC(CN(C)C)CN(C)C. The van der Waals surface area contributed by atoms with Crippen molar-refractivity contribution in [1.82, 2.24) is 9.80 Å². The lowest BCUT2D eigenvalue weighted by Crippen LogP contribution is -2.30. The second-order valence-corrected chi connectivity index (χ2v) is 14.8. The average molecular weight is 607 g/mol. The zero-order chi connectivity index (χ0) is 31.4. The van der Waals surface area contributed by atoms with E-state index in [2.05, 4.69) is 38.0 Å². The van der Waals surface area contributed by atoms with Gasteiger partial charge in [0.05, 0.1) is 6.61 Å². The zero-order valence-electron chi connectivity index (χ0n) is 30.2. The zero-order valence-corrected chi connectivity index (χ0v) is 30.2. The van der Waals surface area contributed by atoms with E-state index in [9.17, 15) is 4.79 Å². The molecule has 0 amide bonds. The lowest BCUT2D eigenvalue weighted by molar-refractivity contribution is -0.143. The van der Waals surface area contributed by atoms with E-state index < -0.39 is 0 Å². The summed E-state index contributed by atoms with van der Waals surface area (Å²) >= 11 is 0. The molecule has 0 heterocycles. The van der Waals surface area contributed by atoms with Crippen LogP contribution in [0.1, 0.15) is 180 Å². The van der Waals surface area contributed by atoms with Gasteiger partial charge >= 0.3 is 5.97 Å². The van der Waals surface area contributed by atoms with Crippen LogP contribution in [0.4, 0.5) is 0 Å². The number of carbonyl (C=O) groups excluding carboxylic acids is 1. The molecule has 0 aromatic rings. The minimum absolute atomic E-state index is 0.0212. The Bertz CT molecular complexity index is 598. The molecule has 0 bridgehead atoms. The quantitative estimate of drug-likeness (QED) is 0.0549. The lowest BCUT2D eigenvalue weighted by Gasteiger charge is -2.24. The van der Waals surface area contributed by atoms with E-state index in [-0.39, 0.29) is 5.97 Å². The maximum absolute atomic E-state index is 11.3. The Labute approximate surface area is 270 Å². The molecule has 0 radical (unpaired) electrons. The smallest absolute Gasteiger partial charge is 0.305 e. The van der Waals surface area contributed by atoms with Gasteiger partial charge in [-0.25, -0.2) is 0 Å². The number of carbonyl (C=O) groups is 1. The van der Waals surface area contributed by atoms with Gasteiger partial charge in [0.25, 0.3) is 0 Å². The third kappa shape index (κ3) is 27.4. The molecule has 1 rings (SSSR count). The fourth-order valence-corrected chi connectivity index (χ4v) is 7.22. The minimum atomic E-state index is -0.0212. The summed E-state index contributed by atoms with van der Waals surface area (Å²) < 4.78 is 4.99. The molecule has 0 spiro atoms. The fraction of sp³-hybridized carbons (Fsp3) is 0.974. The molecule has 1 aliphatic carbocycles. The maximum Gasteiger partial charge on any atom is 0.305 e. The molecule has 1 fully saturated rings. The Balaban J connectivity index is 1.73. The first-order valence-electron chi connectivity index (χ1n) is 19.4. The van der Waals surface area contributed by atoms with E-state index in [4.69, 9.17) is 4.74 Å². The molecular formula is C39H78N2O2. The van der Waals surface area contributed by atoms with Crippen molar-refractivity contribution in [3.8, 4) is 0 Å². The highest BCUT2D eigenvalue weighted by atomic mass is 16.5. The summed E-state index contributed by atoms with van der Waals surface area (Å²) in [5.41, 5.74) is 0. The summed E-state index contributed by atoms with van der Waals surface area (Å²) in [7, 11) is 8.84. The van der Waals surface area contributed by atoms with Gasteiger partial charge in [0.1, 0.15) is 0 Å². The summed E-state index contributed by atoms with van der Waals surface area (Å²) in [6.07, 6.45) is 37.5. The van der Waals surface area contributed by atoms with Crippen molar-refractivity contribution in [2.45, 2.75) is 180 Å². The number of ether oxygens (including phenoxy) is 1. The standard InChI is InChI=1S/C39H78N2O2/c1-6-43-39(42)32-28-24-20-23-27-31-38-33-37(38)30-26-22-19-17-15-13-11-9-7-8-10-12-14-16-18-21-25-29-36(34-40(2)3)35-41(4)5/h36-38H,6-35H2,1-5H3. The topological polar surface area (TPSA) is 32.8 Å². The second kappa shape index (κ2) is 28.8. The van der Waals surface area contributed by atoms with Gasteiger partial charge in [-0.3, -0.25) is 4.79 Å². The molecule has 43 heavy (non-hydrogen) atoms. The highest BCUT2D eigenvalue weighted by Crippen LogP contribution is 2.45. The monoisotopic (exact) mass is 607 g/mol. The van der Waals surface area contributed by atoms with Gasteiger partial charge in [-0.15, -0.1) is 0 Å². The third-order valence-electron chi connectivity index (χ3n) is 9.76. The van der Waals surface area contributed by atoms with Crippen molar-refractivity contribution in [3.63, 3.8) is 0 Å². The first-order valence-corrected chi connectivity index (χ1v) is 19.4. The van der Waals surface area contributed by atoms with E-state index in [0.717, 1.165) is 24.2 Å². The predicted molar refractivity (Wildman–Crippen MR) is 189 cm³/mol. The number of nitrogens with zero attached hydrogens (tertiary/aromatic N) is 2. The molecule has 256 valence electrons. The highest BCUT2D eigenvalue weighted by molar-refractivity contribution is 5.69. The molecule has 0 aromatic carbocycles. The molecule has 0 aromatic heterocycles. The van der Waals surface area contributed by atoms with Crippen molar-refractivity contribution in [3.05, 3.63) is 0 Å². The van der Waals surface area contributed by atoms with Gasteiger partial charge in [-0.1, -0.05) is 148 Å². The van der Waals surface area contributed by atoms with Crippen molar-refractivity contribution in [1.29, 1.82) is 0 Å². The van der Waals surface area contributed by atoms with Gasteiger partial charge < -0.3 is 14.5 Å². The van der Waals surface area contributed by atoms with Gasteiger partial charge in [0.15, 0.2) is 0 Å². The largest absolute Gasteiger partial charge is 0.466 e. The van der Waals surface area contributed by atoms with Crippen LogP contribution in [-0.4, -0.2) is 63.7 Å². The first-order chi connectivity index (χ1) is 20.9. The van der Waals surface area contributed by atoms with Crippen LogP contribution < -0.4 is 0 Å². The van der Waals surface area contributed by atoms with Crippen LogP contribution in [0.2, 0.25) is 0 Å². The fourth-order valence-electron chi connectivity index (χ4n) is 7.22. The Kier molecular flexibility index (Phi) is 27.1. The van der Waals surface area contributed by atoms with Crippen molar-refractivity contribution >= 4 is 5.97 Å². The second-order valence-electron chi connectivity index (χ2n) is 14.8. The molecule has 1 saturated carbocycles. The molecule has 2 atom stereocenters. The van der Waals surface area contributed by atoms with E-state index >= 15 is 0 Å². The normalized spacial score (nSPS) is 16.6. The lowest BCUT2D eigenvalue weighted by atomic mass is 9.99. The van der Waals surface area contributed by atoms with Gasteiger partial charge in [0.2, 0.25) is 0 Å². The van der Waals surface area contributed by atoms with Crippen LogP contribution in [0.3, 0.4) is 0 Å². The summed E-state index contributed by atoms with van der Waals surface area (Å²) in [6, 6.07) is 0. The predicted octanol–water partition coefficient (Wildman–Crippen LogP) is 11.1. The maximum atomic E-state index is 11.3. The van der Waals surface area contributed by atoms with Crippen molar-refractivity contribution in [2.24, 2.45) is 17.8 Å². The molecule has 1 aliphatic rings. The number of unbranched alkanes of at least 4 members (excludes halogenated alkanes) is 20. The Morgan fingerprint density at radius 2 is 0.907 bits per heavy atom. The average Bonchev–Trinajstić information content (AvgIpc) is 3.71. The van der Waals surface area contributed by atoms with Crippen molar-refractivity contribution < 1.29 is 9.53 Å². The van der Waals surface area contributed by atoms with Gasteiger partial charge in [-0.05, 0) is 72.1 Å². The number of rotatable bonds is 33. The molecule has 4 heteroatoms. The summed E-state index contributed by atoms with van der Waals surface area (Å²) in [6.45, 7) is 4.85. The summed E-state index contributed by atoms with van der Waals surface area (Å²) in [5.74, 6) is 2.92. The van der Waals surface area contributed by atoms with Crippen molar-refractivity contribution in [2.75, 3.05) is 47.9 Å². The highest BCUT2D eigenvalue weighted by Gasteiger charge is 2.35. The third-order valence-corrected chi connectivity index (χ3v) is 9.76. The van der Waals surface area contributed by atoms with Crippen LogP contribution in [0.15, 0.2) is 0 Å². The van der Waals surface area contributed by atoms with Crippen LogP contribution >= 0.6 is 0 Å². The van der Waals surface area contributed by atoms with Gasteiger partial charge in [0, 0.05) is 19.5 Å². The van der Waals surface area contributed by atoms with Gasteiger partial charge in [-0.2, -0.15) is 0 Å². The minimum Gasteiger partial charge on any atom is -0.466 e. The van der Waals surface area contributed by atoms with Crippen LogP contribution in [-0.2, 0) is 9.53 Å². The van der Waals surface area contributed by atoms with E-state index in [1.54, 1.807) is 0 Å². The van der Waals surface area contributed by atoms with E-state index in [1.165, 1.54) is 174 Å². The number of hydrogen-bond acceptors (Lipinski definition) is 4. The van der Waals surface area contributed by atoms with E-state index in [1.807, 2.05) is 6.92 Å². The Morgan fingerprint density at radius 1 is 0.558 bits per heavy atom. The number of esters is 1. The van der Waals surface area contributed by atoms with Crippen LogP contribution in [0.5, 0.6) is 0 Å². The summed E-state index contributed by atoms with van der Waals surface area (Å²) in [4.78, 5) is 16.1. The molecule has 0 aliphatic heterocycles. The summed E-state index contributed by atoms with van der Waals surface area (Å²) in [5, 5.41) is 0. The molecular weight excluding hydrogens is 528 g/mol. The molecule has 4 nitrogen and oxygen atoms in total. The van der Waals surface area contributed by atoms with Crippen LogP contribution in [0, 0.1) is 17.8 Å². The number of hydrogen-bond donors (Lipinski definition) is 0. The van der Waals surface area contributed by atoms with Crippen LogP contribution in [0.25, 0.3) is 0 Å². The van der Waals surface area contributed by atoms with E-state index in [0.29, 0.717) is 13.0 Å². The molecule has 2 unspecified atom stereocenters. The Morgan fingerprint density at radius 3 is 1.28 bits per heavy atom. The molecule has 0 saturated heterocycles. The molecule has 0 N–H and O–H groups in total. The Hall–Kier alpha value is -0.610.